The van der Waals surface area contributed by atoms with Crippen molar-refractivity contribution in [2.75, 3.05) is 0 Å². The van der Waals surface area contributed by atoms with Crippen LogP contribution in [0.3, 0.4) is 0 Å². The quantitative estimate of drug-likeness (QED) is 0.734. The molecular formula is C17H14FNO2S2. The molecular weight excluding hydrogens is 333 g/mol. The molecule has 3 nitrogen and oxygen atoms in total. The van der Waals surface area contributed by atoms with Gasteiger partial charge in [-0.15, -0.1) is 22.7 Å². The van der Waals surface area contributed by atoms with Crippen molar-refractivity contribution in [2.45, 2.75) is 12.6 Å². The molecule has 6 heteroatoms. The third-order valence-electron chi connectivity index (χ3n) is 3.31. The number of rotatable bonds is 5. The van der Waals surface area contributed by atoms with E-state index in [0.717, 1.165) is 14.6 Å². The third-order valence-corrected chi connectivity index (χ3v) is 5.37. The largest absolute Gasteiger partial charge is 0.382 e. The number of thiophene rings is 2. The zero-order chi connectivity index (χ0) is 16.2. The molecule has 0 saturated carbocycles. The van der Waals surface area contributed by atoms with E-state index in [1.165, 1.54) is 34.8 Å². The number of benzene rings is 1. The first-order chi connectivity index (χ1) is 11.1. The van der Waals surface area contributed by atoms with Crippen LogP contribution in [0.1, 0.15) is 31.1 Å². The second-order valence-corrected chi connectivity index (χ2v) is 7.06. The van der Waals surface area contributed by atoms with Crippen LogP contribution >= 0.6 is 22.7 Å². The Morgan fingerprint density at radius 2 is 1.96 bits per heavy atom. The van der Waals surface area contributed by atoms with Crippen LogP contribution in [-0.2, 0) is 6.54 Å². The minimum absolute atomic E-state index is 0.0305. The monoisotopic (exact) mass is 347 g/mol. The first-order valence-electron chi connectivity index (χ1n) is 6.98. The summed E-state index contributed by atoms with van der Waals surface area (Å²) in [6, 6.07) is 13.4. The van der Waals surface area contributed by atoms with Gasteiger partial charge in [-0.05, 0) is 35.7 Å². The van der Waals surface area contributed by atoms with E-state index in [1.54, 1.807) is 12.1 Å². The van der Waals surface area contributed by atoms with Crippen molar-refractivity contribution in [3.8, 4) is 0 Å². The van der Waals surface area contributed by atoms with Crippen LogP contribution in [0.15, 0.2) is 53.9 Å². The van der Waals surface area contributed by atoms with Crippen LogP contribution in [0.2, 0.25) is 0 Å². The first kappa shape index (κ1) is 15.9. The number of hydrogen-bond acceptors (Lipinski definition) is 4. The predicted octanol–water partition coefficient (Wildman–Crippen LogP) is 3.96. The highest BCUT2D eigenvalue weighted by atomic mass is 32.1. The van der Waals surface area contributed by atoms with Gasteiger partial charge < -0.3 is 10.4 Å². The third kappa shape index (κ3) is 3.67. The van der Waals surface area contributed by atoms with Gasteiger partial charge in [0.15, 0.2) is 0 Å². The van der Waals surface area contributed by atoms with Gasteiger partial charge in [0.2, 0.25) is 0 Å². The molecule has 0 aliphatic rings. The van der Waals surface area contributed by atoms with Crippen molar-refractivity contribution in [3.63, 3.8) is 0 Å². The fraction of sp³-hybridized carbons (Fsp3) is 0.118. The maximum absolute atomic E-state index is 13.5. The molecule has 0 aliphatic heterocycles. The van der Waals surface area contributed by atoms with Crippen LogP contribution in [0.5, 0.6) is 0 Å². The summed E-state index contributed by atoms with van der Waals surface area (Å²) >= 11 is 2.93. The molecule has 0 spiro atoms. The zero-order valence-corrected chi connectivity index (χ0v) is 13.7. The number of hydrogen-bond donors (Lipinski definition) is 2. The van der Waals surface area contributed by atoms with Gasteiger partial charge >= 0.3 is 0 Å². The Balaban J connectivity index is 1.64. The summed E-state index contributed by atoms with van der Waals surface area (Å²) in [7, 11) is 0. The fourth-order valence-corrected chi connectivity index (χ4v) is 3.89. The minimum atomic E-state index is -0.643. The minimum Gasteiger partial charge on any atom is -0.382 e. The Labute approximate surface area is 141 Å². The molecule has 3 rings (SSSR count). The van der Waals surface area contributed by atoms with Gasteiger partial charge in [0.1, 0.15) is 11.9 Å². The Kier molecular flexibility index (Phi) is 4.85. The second-order valence-electron chi connectivity index (χ2n) is 4.88. The topological polar surface area (TPSA) is 49.3 Å². The van der Waals surface area contributed by atoms with Crippen LogP contribution in [0.4, 0.5) is 4.39 Å². The lowest BCUT2D eigenvalue weighted by atomic mass is 10.2. The SMILES string of the molecule is O=C(NCc1ccc(C(O)c2cccs2)s1)c1ccccc1F. The van der Waals surface area contributed by atoms with Crippen molar-refractivity contribution in [1.82, 2.24) is 5.32 Å². The van der Waals surface area contributed by atoms with E-state index in [4.69, 9.17) is 0 Å². The van der Waals surface area contributed by atoms with E-state index in [9.17, 15) is 14.3 Å². The number of aliphatic hydroxyl groups excluding tert-OH is 1. The lowest BCUT2D eigenvalue weighted by Crippen LogP contribution is -2.23. The average Bonchev–Trinajstić information content (AvgIpc) is 3.24. The van der Waals surface area contributed by atoms with E-state index in [-0.39, 0.29) is 5.56 Å². The molecule has 1 amide bonds. The number of aliphatic hydroxyl groups is 1. The summed E-state index contributed by atoms with van der Waals surface area (Å²) in [6.07, 6.45) is -0.643. The van der Waals surface area contributed by atoms with Crippen molar-refractivity contribution >= 4 is 28.6 Å². The van der Waals surface area contributed by atoms with Gasteiger partial charge in [-0.2, -0.15) is 0 Å². The Hall–Kier alpha value is -2.02. The van der Waals surface area contributed by atoms with E-state index in [2.05, 4.69) is 5.32 Å². The van der Waals surface area contributed by atoms with Gasteiger partial charge in [-0.1, -0.05) is 18.2 Å². The van der Waals surface area contributed by atoms with Crippen molar-refractivity contribution in [3.05, 3.63) is 79.9 Å². The van der Waals surface area contributed by atoms with Crippen LogP contribution in [-0.4, -0.2) is 11.0 Å². The van der Waals surface area contributed by atoms with Crippen LogP contribution in [0, 0.1) is 5.82 Å². The molecule has 3 aromatic rings. The predicted molar refractivity (Wildman–Crippen MR) is 90.3 cm³/mol. The molecule has 1 aromatic carbocycles. The summed E-state index contributed by atoms with van der Waals surface area (Å²) < 4.78 is 13.5. The Morgan fingerprint density at radius 1 is 1.13 bits per heavy atom. The Bertz CT molecular complexity index is 799. The molecule has 23 heavy (non-hydrogen) atoms. The lowest BCUT2D eigenvalue weighted by Gasteiger charge is -2.06. The standard InChI is InChI=1S/C17H14FNO2S2/c18-13-5-2-1-4-12(13)17(21)19-10-11-7-8-15(23-11)16(20)14-6-3-9-22-14/h1-9,16,20H,10H2,(H,19,21). The molecule has 0 aliphatic carbocycles. The second kappa shape index (κ2) is 7.04. The normalized spacial score (nSPS) is 12.1. The molecule has 0 bridgehead atoms. The first-order valence-corrected chi connectivity index (χ1v) is 8.67. The fourth-order valence-electron chi connectivity index (χ4n) is 2.13. The summed E-state index contributed by atoms with van der Waals surface area (Å²) in [6.45, 7) is 0.301. The van der Waals surface area contributed by atoms with Gasteiger partial charge in [-0.25, -0.2) is 4.39 Å². The van der Waals surface area contributed by atoms with Gasteiger partial charge in [0.05, 0.1) is 12.1 Å². The van der Waals surface area contributed by atoms with E-state index < -0.39 is 17.8 Å². The highest BCUT2D eigenvalue weighted by molar-refractivity contribution is 7.12. The highest BCUT2D eigenvalue weighted by Crippen LogP contribution is 2.30. The van der Waals surface area contributed by atoms with E-state index in [0.29, 0.717) is 6.54 Å². The molecule has 118 valence electrons. The number of carbonyl (C=O) groups is 1. The number of nitrogens with one attached hydrogen (secondary N) is 1. The molecule has 1 unspecified atom stereocenters. The van der Waals surface area contributed by atoms with Crippen LogP contribution in [0.25, 0.3) is 0 Å². The van der Waals surface area contributed by atoms with Crippen LogP contribution < -0.4 is 5.32 Å². The van der Waals surface area contributed by atoms with Crippen molar-refractivity contribution < 1.29 is 14.3 Å². The molecule has 0 fully saturated rings. The zero-order valence-electron chi connectivity index (χ0n) is 12.0. The summed E-state index contributed by atoms with van der Waals surface area (Å²) in [5.41, 5.74) is 0.0305. The van der Waals surface area contributed by atoms with Crippen molar-refractivity contribution in [1.29, 1.82) is 0 Å². The average molecular weight is 347 g/mol. The van der Waals surface area contributed by atoms with Gasteiger partial charge in [-0.3, -0.25) is 4.79 Å². The molecule has 2 heterocycles. The molecule has 1 atom stereocenters. The molecule has 2 aromatic heterocycles. The molecule has 0 radical (unpaired) electrons. The Morgan fingerprint density at radius 3 is 2.70 bits per heavy atom. The number of halogens is 1. The summed E-state index contributed by atoms with van der Waals surface area (Å²) in [5, 5.41) is 14.9. The maximum atomic E-state index is 13.5. The van der Waals surface area contributed by atoms with Gasteiger partial charge in [0.25, 0.3) is 5.91 Å². The van der Waals surface area contributed by atoms with Gasteiger partial charge in [0, 0.05) is 14.6 Å². The lowest BCUT2D eigenvalue weighted by molar-refractivity contribution is 0.0947. The summed E-state index contributed by atoms with van der Waals surface area (Å²) in [5.74, 6) is -0.984. The molecule has 0 saturated heterocycles. The number of amides is 1. The highest BCUT2D eigenvalue weighted by Gasteiger charge is 2.15. The van der Waals surface area contributed by atoms with E-state index >= 15 is 0 Å². The van der Waals surface area contributed by atoms with E-state index in [1.807, 2.05) is 29.6 Å². The smallest absolute Gasteiger partial charge is 0.254 e. The maximum Gasteiger partial charge on any atom is 0.254 e. The van der Waals surface area contributed by atoms with Crippen molar-refractivity contribution in [2.24, 2.45) is 0 Å². The molecule has 2 N–H and O–H groups in total. The number of carbonyl (C=O) groups excluding carboxylic acids is 1. The summed E-state index contributed by atoms with van der Waals surface area (Å²) in [4.78, 5) is 14.6.